The fourth-order valence-corrected chi connectivity index (χ4v) is 6.88. The van der Waals surface area contributed by atoms with Crippen LogP contribution in [0, 0.1) is 5.92 Å². The molecule has 0 aromatic heterocycles. The van der Waals surface area contributed by atoms with Crippen LogP contribution in [0.25, 0.3) is 0 Å². The molecule has 3 aromatic carbocycles. The van der Waals surface area contributed by atoms with E-state index in [1.807, 2.05) is 32.0 Å². The van der Waals surface area contributed by atoms with Crippen molar-refractivity contribution < 1.29 is 13.2 Å². The number of anilines is 1. The number of rotatable bonds is 10. The lowest BCUT2D eigenvalue weighted by molar-refractivity contribution is 0.00458. The van der Waals surface area contributed by atoms with Gasteiger partial charge in [-0.25, -0.2) is 8.42 Å². The van der Waals surface area contributed by atoms with Crippen LogP contribution in [0.15, 0.2) is 78.9 Å². The Kier molecular flexibility index (Phi) is 8.31. The smallest absolute Gasteiger partial charge is 0.231 e. The van der Waals surface area contributed by atoms with Crippen LogP contribution in [-0.4, -0.2) is 57.9 Å². The van der Waals surface area contributed by atoms with Crippen LogP contribution in [0.1, 0.15) is 49.3 Å². The second-order valence-electron chi connectivity index (χ2n) is 11.3. The number of piperidine rings is 3. The summed E-state index contributed by atoms with van der Waals surface area (Å²) in [6, 6.07) is 28.1. The quantitative estimate of drug-likeness (QED) is 0.376. The van der Waals surface area contributed by atoms with Crippen molar-refractivity contribution in [1.29, 1.82) is 0 Å². The van der Waals surface area contributed by atoms with Crippen LogP contribution in [0.2, 0.25) is 0 Å². The van der Waals surface area contributed by atoms with Crippen LogP contribution in [-0.2, 0) is 16.6 Å². The number of fused-ring (bicyclic) bond motifs is 3. The van der Waals surface area contributed by atoms with Gasteiger partial charge < -0.3 is 10.1 Å². The van der Waals surface area contributed by atoms with Gasteiger partial charge in [-0.3, -0.25) is 9.21 Å². The third kappa shape index (κ3) is 6.16. The summed E-state index contributed by atoms with van der Waals surface area (Å²) >= 11 is 0. The van der Waals surface area contributed by atoms with E-state index in [4.69, 9.17) is 4.74 Å². The van der Waals surface area contributed by atoms with Crippen molar-refractivity contribution in [2.24, 2.45) is 5.92 Å². The number of sulfonamides is 1. The molecule has 0 spiro atoms. The second kappa shape index (κ2) is 11.7. The van der Waals surface area contributed by atoms with Crippen LogP contribution in [0.5, 0.6) is 5.75 Å². The summed E-state index contributed by atoms with van der Waals surface area (Å²) in [5, 5.41) is 3.97. The predicted molar refractivity (Wildman–Crippen MR) is 159 cm³/mol. The number of ether oxygens (including phenoxy) is 1. The van der Waals surface area contributed by atoms with Gasteiger partial charge in [-0.05, 0) is 75.0 Å². The zero-order valence-electron chi connectivity index (χ0n) is 23.5. The molecule has 6 nitrogen and oxygen atoms in total. The van der Waals surface area contributed by atoms with E-state index < -0.39 is 10.0 Å². The van der Waals surface area contributed by atoms with E-state index in [0.717, 1.165) is 24.4 Å². The van der Waals surface area contributed by atoms with Crippen molar-refractivity contribution >= 4 is 15.7 Å². The Morgan fingerprint density at radius 1 is 0.949 bits per heavy atom. The molecule has 6 rings (SSSR count). The summed E-state index contributed by atoms with van der Waals surface area (Å²) in [6.45, 7) is 6.89. The third-order valence-electron chi connectivity index (χ3n) is 8.33. The molecule has 3 saturated heterocycles. The Balaban J connectivity index is 1.49. The molecule has 0 saturated carbocycles. The highest BCUT2D eigenvalue weighted by atomic mass is 32.2. The van der Waals surface area contributed by atoms with Gasteiger partial charge in [0.25, 0.3) is 0 Å². The standard InChI is InChI=1S/C32H41N3O3S/c1-23(2)38-29-16-15-28(34(3)39(4,36)37)21-27(29)22-33-31-26-17-19-35(20-18-26)32(31)30(24-11-7-5-8-12-24)25-13-9-6-10-14-25/h5-16,21,23,26,30-33H,17-20,22H2,1-4H3. The molecule has 3 fully saturated rings. The monoisotopic (exact) mass is 547 g/mol. The minimum Gasteiger partial charge on any atom is -0.491 e. The number of nitrogens with one attached hydrogen (secondary N) is 1. The van der Waals surface area contributed by atoms with Gasteiger partial charge in [0, 0.05) is 37.2 Å². The molecule has 39 heavy (non-hydrogen) atoms. The van der Waals surface area contributed by atoms with Crippen molar-refractivity contribution in [3.05, 3.63) is 95.6 Å². The number of hydrogen-bond donors (Lipinski definition) is 1. The van der Waals surface area contributed by atoms with Crippen molar-refractivity contribution in [2.75, 3.05) is 30.7 Å². The van der Waals surface area contributed by atoms with E-state index >= 15 is 0 Å². The zero-order valence-corrected chi connectivity index (χ0v) is 24.3. The van der Waals surface area contributed by atoms with Crippen LogP contribution >= 0.6 is 0 Å². The first-order chi connectivity index (χ1) is 18.7. The normalized spacial score (nSPS) is 22.8. The van der Waals surface area contributed by atoms with E-state index in [0.29, 0.717) is 30.2 Å². The van der Waals surface area contributed by atoms with Crippen molar-refractivity contribution in [3.63, 3.8) is 0 Å². The highest BCUT2D eigenvalue weighted by molar-refractivity contribution is 7.92. The van der Waals surface area contributed by atoms with Gasteiger partial charge in [-0.1, -0.05) is 60.7 Å². The maximum Gasteiger partial charge on any atom is 0.231 e. The van der Waals surface area contributed by atoms with Crippen LogP contribution < -0.4 is 14.4 Å². The summed E-state index contributed by atoms with van der Waals surface area (Å²) in [6.07, 6.45) is 3.63. The molecule has 7 heteroatoms. The SMILES string of the molecule is CC(C)Oc1ccc(N(C)S(C)(=O)=O)cc1CNC1C2CCN(CC2)C1C(c1ccccc1)c1ccccc1. The predicted octanol–water partition coefficient (Wildman–Crippen LogP) is 5.25. The van der Waals surface area contributed by atoms with E-state index in [9.17, 15) is 8.42 Å². The molecule has 0 aliphatic carbocycles. The largest absolute Gasteiger partial charge is 0.491 e. The van der Waals surface area contributed by atoms with Gasteiger partial charge >= 0.3 is 0 Å². The lowest BCUT2D eigenvalue weighted by atomic mass is 9.70. The van der Waals surface area contributed by atoms with Gasteiger partial charge in [0.05, 0.1) is 18.0 Å². The minimum absolute atomic E-state index is 0.0207. The van der Waals surface area contributed by atoms with Gasteiger partial charge in [0.2, 0.25) is 10.0 Å². The molecule has 0 radical (unpaired) electrons. The molecular weight excluding hydrogens is 506 g/mol. The Morgan fingerprint density at radius 2 is 1.54 bits per heavy atom. The lowest BCUT2D eigenvalue weighted by Crippen LogP contribution is -2.64. The minimum atomic E-state index is -3.37. The summed E-state index contributed by atoms with van der Waals surface area (Å²) in [5.41, 5.74) is 4.30. The average Bonchev–Trinajstić information content (AvgIpc) is 2.94. The summed E-state index contributed by atoms with van der Waals surface area (Å²) in [4.78, 5) is 2.68. The fraction of sp³-hybridized carbons (Fsp3) is 0.438. The summed E-state index contributed by atoms with van der Waals surface area (Å²) in [5.74, 6) is 1.64. The Morgan fingerprint density at radius 3 is 2.08 bits per heavy atom. The fourth-order valence-electron chi connectivity index (χ4n) is 6.38. The van der Waals surface area contributed by atoms with Crippen LogP contribution in [0.4, 0.5) is 5.69 Å². The molecular formula is C32H41N3O3S. The van der Waals surface area contributed by atoms with Crippen molar-refractivity contribution in [2.45, 2.75) is 57.3 Å². The first kappa shape index (κ1) is 27.7. The number of benzene rings is 3. The van der Waals surface area contributed by atoms with E-state index in [1.165, 1.54) is 34.5 Å². The highest BCUT2D eigenvalue weighted by Gasteiger charge is 2.46. The van der Waals surface area contributed by atoms with Gasteiger partial charge in [-0.2, -0.15) is 0 Å². The zero-order chi connectivity index (χ0) is 27.6. The molecule has 3 aromatic rings. The van der Waals surface area contributed by atoms with E-state index in [-0.39, 0.29) is 12.0 Å². The molecule has 1 N–H and O–H groups in total. The third-order valence-corrected chi connectivity index (χ3v) is 9.53. The second-order valence-corrected chi connectivity index (χ2v) is 13.3. The molecule has 3 heterocycles. The molecule has 3 aliphatic rings. The number of hydrogen-bond acceptors (Lipinski definition) is 5. The van der Waals surface area contributed by atoms with E-state index in [2.05, 4.69) is 70.9 Å². The Bertz CT molecular complexity index is 1300. The molecule has 3 aliphatic heterocycles. The summed E-state index contributed by atoms with van der Waals surface area (Å²) < 4.78 is 32.0. The topological polar surface area (TPSA) is 61.9 Å². The highest BCUT2D eigenvalue weighted by Crippen LogP contribution is 2.42. The van der Waals surface area contributed by atoms with Gasteiger partial charge in [0.1, 0.15) is 5.75 Å². The molecule has 0 amide bonds. The lowest BCUT2D eigenvalue weighted by Gasteiger charge is -2.54. The average molecular weight is 548 g/mol. The Labute approximate surface area is 234 Å². The molecule has 2 bridgehead atoms. The summed E-state index contributed by atoms with van der Waals surface area (Å²) in [7, 11) is -1.77. The first-order valence-corrected chi connectivity index (χ1v) is 15.9. The Hall–Kier alpha value is -2.87. The number of nitrogens with zero attached hydrogens (tertiary/aromatic N) is 2. The van der Waals surface area contributed by atoms with Gasteiger partial charge in [-0.15, -0.1) is 0 Å². The van der Waals surface area contributed by atoms with Crippen LogP contribution in [0.3, 0.4) is 0 Å². The molecule has 2 atom stereocenters. The molecule has 2 unspecified atom stereocenters. The van der Waals surface area contributed by atoms with E-state index in [1.54, 1.807) is 7.05 Å². The molecule has 208 valence electrons. The van der Waals surface area contributed by atoms with Crippen molar-refractivity contribution in [1.82, 2.24) is 10.2 Å². The maximum absolute atomic E-state index is 12.3. The maximum atomic E-state index is 12.3. The van der Waals surface area contributed by atoms with Crippen molar-refractivity contribution in [3.8, 4) is 5.75 Å². The van der Waals surface area contributed by atoms with Gasteiger partial charge in [0.15, 0.2) is 0 Å². The first-order valence-electron chi connectivity index (χ1n) is 14.0.